The molecule has 1 amide bonds. The van der Waals surface area contributed by atoms with Crippen LogP contribution >= 0.6 is 11.6 Å². The summed E-state index contributed by atoms with van der Waals surface area (Å²) in [6.45, 7) is 7.83. The maximum atomic E-state index is 13.5. The molecule has 2 N–H and O–H groups in total. The van der Waals surface area contributed by atoms with Gasteiger partial charge < -0.3 is 14.6 Å². The van der Waals surface area contributed by atoms with Crippen LogP contribution in [0.5, 0.6) is 0 Å². The molecule has 2 atom stereocenters. The first kappa shape index (κ1) is 26.1. The van der Waals surface area contributed by atoms with Gasteiger partial charge in [0.1, 0.15) is 11.9 Å². The number of benzene rings is 2. The molecule has 2 saturated heterocycles. The van der Waals surface area contributed by atoms with E-state index in [2.05, 4.69) is 10.0 Å². The van der Waals surface area contributed by atoms with Gasteiger partial charge in [0.2, 0.25) is 5.91 Å². The fourth-order valence-electron chi connectivity index (χ4n) is 4.03. The predicted molar refractivity (Wildman–Crippen MR) is 133 cm³/mol. The van der Waals surface area contributed by atoms with Gasteiger partial charge in [-0.15, -0.1) is 0 Å². The molecule has 188 valence electrons. The van der Waals surface area contributed by atoms with E-state index < -0.39 is 52.3 Å². The molecule has 2 aromatic rings. The number of nitrogens with one attached hydrogen (secondary N) is 2. The molecular formula is C23H28BClFN3O5S. The summed E-state index contributed by atoms with van der Waals surface area (Å²) >= 11 is 5.80. The number of carbonyl (C=O) groups is 1. The Hall–Kier alpha value is -2.02. The molecule has 0 radical (unpaired) electrons. The molecule has 12 heteroatoms. The van der Waals surface area contributed by atoms with Gasteiger partial charge >= 0.3 is 7.12 Å². The van der Waals surface area contributed by atoms with Crippen LogP contribution in [0.3, 0.4) is 0 Å². The molecular weight excluding hydrogens is 496 g/mol. The number of hydrogen-bond donors (Lipinski definition) is 2. The first-order valence-electron chi connectivity index (χ1n) is 11.2. The van der Waals surface area contributed by atoms with Gasteiger partial charge in [0, 0.05) is 18.8 Å². The van der Waals surface area contributed by atoms with Gasteiger partial charge in [-0.25, -0.2) is 4.39 Å². The topological polar surface area (TPSA) is 97.0 Å². The molecule has 0 spiro atoms. The molecule has 2 aliphatic rings. The Bertz CT molecular complexity index is 1240. The summed E-state index contributed by atoms with van der Waals surface area (Å²) in [5, 5.41) is 2.48. The second kappa shape index (κ2) is 9.13. The van der Waals surface area contributed by atoms with E-state index in [1.807, 2.05) is 39.8 Å². The van der Waals surface area contributed by atoms with E-state index in [-0.39, 0.29) is 17.1 Å². The lowest BCUT2D eigenvalue weighted by molar-refractivity contribution is -0.120. The molecule has 2 fully saturated rings. The third kappa shape index (κ3) is 5.11. The maximum Gasteiger partial charge on any atom is 0.494 e. The third-order valence-electron chi connectivity index (χ3n) is 6.90. The summed E-state index contributed by atoms with van der Waals surface area (Å²) in [6, 6.07) is 9.38. The zero-order valence-corrected chi connectivity index (χ0v) is 21.7. The molecule has 4 rings (SSSR count). The predicted octanol–water partition coefficient (Wildman–Crippen LogP) is 3.00. The van der Waals surface area contributed by atoms with Gasteiger partial charge in [-0.2, -0.15) is 17.4 Å². The fraction of sp³-hybridized carbons (Fsp3) is 0.435. The van der Waals surface area contributed by atoms with Gasteiger partial charge in [0.25, 0.3) is 10.2 Å². The molecule has 2 heterocycles. The second-order valence-electron chi connectivity index (χ2n) is 9.82. The average Bonchev–Trinajstić information content (AvgIpc) is 2.99. The van der Waals surface area contributed by atoms with E-state index in [1.54, 1.807) is 12.1 Å². The van der Waals surface area contributed by atoms with E-state index >= 15 is 0 Å². The number of likely N-dealkylation sites (N-methyl/N-ethyl adjacent to an activating group) is 1. The zero-order valence-electron chi connectivity index (χ0n) is 20.1. The highest BCUT2D eigenvalue weighted by atomic mass is 35.5. The van der Waals surface area contributed by atoms with Crippen LogP contribution in [0, 0.1) is 5.82 Å². The van der Waals surface area contributed by atoms with Gasteiger partial charge in [-0.1, -0.05) is 35.9 Å². The van der Waals surface area contributed by atoms with E-state index in [0.717, 1.165) is 15.8 Å². The third-order valence-corrected chi connectivity index (χ3v) is 8.78. The van der Waals surface area contributed by atoms with Crippen molar-refractivity contribution in [3.63, 3.8) is 0 Å². The van der Waals surface area contributed by atoms with E-state index in [0.29, 0.717) is 5.56 Å². The molecule has 2 aromatic carbocycles. The summed E-state index contributed by atoms with van der Waals surface area (Å²) in [6.07, 6.45) is 0.170. The van der Waals surface area contributed by atoms with Crippen molar-refractivity contribution in [2.24, 2.45) is 0 Å². The lowest BCUT2D eigenvalue weighted by Crippen LogP contribution is -2.56. The van der Waals surface area contributed by atoms with Crippen molar-refractivity contribution in [1.82, 2.24) is 9.03 Å². The van der Waals surface area contributed by atoms with Crippen molar-refractivity contribution < 1.29 is 26.9 Å². The molecule has 0 saturated carbocycles. The smallest absolute Gasteiger partial charge is 0.399 e. The first-order chi connectivity index (χ1) is 16.2. The number of anilines is 1. The number of carbonyl (C=O) groups excluding carboxylic acids is 1. The highest BCUT2D eigenvalue weighted by molar-refractivity contribution is 7.87. The average molecular weight is 524 g/mol. The lowest BCUT2D eigenvalue weighted by atomic mass is 9.77. The second-order valence-corrected chi connectivity index (χ2v) is 12.0. The van der Waals surface area contributed by atoms with E-state index in [4.69, 9.17) is 20.9 Å². The Morgan fingerprint density at radius 1 is 1.17 bits per heavy atom. The Balaban J connectivity index is 1.57. The Morgan fingerprint density at radius 3 is 2.46 bits per heavy atom. The zero-order chi connectivity index (χ0) is 25.8. The van der Waals surface area contributed by atoms with Gasteiger partial charge in [-0.05, 0) is 63.3 Å². The van der Waals surface area contributed by atoms with Crippen molar-refractivity contribution in [1.29, 1.82) is 0 Å². The Labute approximate surface area is 210 Å². The minimum atomic E-state index is -3.96. The van der Waals surface area contributed by atoms with Crippen molar-refractivity contribution in [3.05, 3.63) is 58.9 Å². The van der Waals surface area contributed by atoms with Gasteiger partial charge in [0.05, 0.1) is 16.2 Å². The molecule has 8 nitrogen and oxygen atoms in total. The van der Waals surface area contributed by atoms with Crippen LogP contribution in [0.2, 0.25) is 5.02 Å². The number of rotatable bonds is 4. The summed E-state index contributed by atoms with van der Waals surface area (Å²) in [5.74, 6) is -1.17. The molecule has 2 aliphatic heterocycles. The van der Waals surface area contributed by atoms with E-state index in [9.17, 15) is 17.6 Å². The minimum absolute atomic E-state index is 0.147. The number of amides is 1. The molecule has 0 bridgehead atoms. The van der Waals surface area contributed by atoms with Gasteiger partial charge in [-0.3, -0.25) is 4.79 Å². The monoisotopic (exact) mass is 523 g/mol. The number of hydrogen-bond acceptors (Lipinski definition) is 5. The summed E-state index contributed by atoms with van der Waals surface area (Å²) < 4.78 is 55.1. The fourth-order valence-corrected chi connectivity index (χ4v) is 5.48. The van der Waals surface area contributed by atoms with Crippen LogP contribution in [0.25, 0.3) is 0 Å². The highest BCUT2D eigenvalue weighted by Gasteiger charge is 2.52. The summed E-state index contributed by atoms with van der Waals surface area (Å²) in [5.41, 5.74) is 0.660. The van der Waals surface area contributed by atoms with Crippen LogP contribution in [0.4, 0.5) is 10.1 Å². The van der Waals surface area contributed by atoms with E-state index in [1.165, 1.54) is 19.2 Å². The van der Waals surface area contributed by atoms with Crippen molar-refractivity contribution >= 4 is 46.0 Å². The quantitative estimate of drug-likeness (QED) is 0.601. The summed E-state index contributed by atoms with van der Waals surface area (Å²) in [7, 11) is -3.23. The standard InChI is InChI=1S/C23H28BClFN3O5S/c1-22(2)23(3,4)34-24(33-22)15-8-6-7-14(11-15)19-13-20(29(5)35(31,32)28-19)21(30)27-16-9-10-18(26)17(25)12-16/h6-12,19-20,28H,13H2,1-5H3,(H,27,30). The van der Waals surface area contributed by atoms with Gasteiger partial charge in [0.15, 0.2) is 0 Å². The molecule has 0 aromatic heterocycles. The lowest BCUT2D eigenvalue weighted by Gasteiger charge is -2.36. The van der Waals surface area contributed by atoms with Crippen LogP contribution in [-0.4, -0.2) is 50.0 Å². The van der Waals surface area contributed by atoms with Crippen LogP contribution < -0.4 is 15.5 Å². The van der Waals surface area contributed by atoms with Crippen molar-refractivity contribution in [3.8, 4) is 0 Å². The number of halogens is 2. The largest absolute Gasteiger partial charge is 0.494 e. The Kier molecular flexibility index (Phi) is 6.80. The Morgan fingerprint density at radius 2 is 1.83 bits per heavy atom. The molecule has 0 aliphatic carbocycles. The normalized spacial score (nSPS) is 25.4. The number of nitrogens with zero attached hydrogens (tertiary/aromatic N) is 1. The highest BCUT2D eigenvalue weighted by Crippen LogP contribution is 2.37. The van der Waals surface area contributed by atoms with Crippen LogP contribution in [0.1, 0.15) is 45.7 Å². The molecule has 2 unspecified atom stereocenters. The van der Waals surface area contributed by atoms with Crippen LogP contribution in [-0.2, 0) is 24.3 Å². The van der Waals surface area contributed by atoms with Crippen molar-refractivity contribution in [2.75, 3.05) is 12.4 Å². The molecule has 35 heavy (non-hydrogen) atoms. The maximum absolute atomic E-state index is 13.5. The van der Waals surface area contributed by atoms with Crippen LogP contribution in [0.15, 0.2) is 42.5 Å². The minimum Gasteiger partial charge on any atom is -0.399 e. The SMILES string of the molecule is CN1C(C(=O)Nc2ccc(F)c(Cl)c2)CC(c2cccc(B3OC(C)(C)C(C)(C)O3)c2)NS1(=O)=O. The van der Waals surface area contributed by atoms with Crippen molar-refractivity contribution in [2.45, 2.75) is 57.4 Å². The summed E-state index contributed by atoms with van der Waals surface area (Å²) in [4.78, 5) is 13.0. The first-order valence-corrected chi connectivity index (χ1v) is 13.0.